The number of likely N-dealkylation sites (tertiary alicyclic amines) is 1. The van der Waals surface area contributed by atoms with Gasteiger partial charge in [-0.1, -0.05) is 25.0 Å². The number of hydrogen-bond acceptors (Lipinski definition) is 4. The van der Waals surface area contributed by atoms with E-state index in [-0.39, 0.29) is 0 Å². The molecule has 0 aromatic carbocycles. The largest absolute Gasteiger partial charge is 0.325 e. The molecule has 2 aromatic heterocycles. The van der Waals surface area contributed by atoms with Gasteiger partial charge in [0.05, 0.1) is 0 Å². The van der Waals surface area contributed by atoms with E-state index in [1.807, 2.05) is 24.3 Å². The summed E-state index contributed by atoms with van der Waals surface area (Å²) in [7, 11) is 0. The first-order chi connectivity index (χ1) is 11.9. The molecule has 4 rings (SSSR count). The molecule has 0 unspecified atom stereocenters. The van der Waals surface area contributed by atoms with Crippen molar-refractivity contribution in [3.05, 3.63) is 48.3 Å². The lowest BCUT2D eigenvalue weighted by Gasteiger charge is -2.35. The fourth-order valence-electron chi connectivity index (χ4n) is 4.15. The summed E-state index contributed by atoms with van der Waals surface area (Å²) in [6.07, 6.45) is 9.93. The summed E-state index contributed by atoms with van der Waals surface area (Å²) in [4.78, 5) is 11.9. The predicted octanol–water partition coefficient (Wildman–Crippen LogP) is 4.34. The van der Waals surface area contributed by atoms with Crippen LogP contribution in [0.2, 0.25) is 0 Å². The van der Waals surface area contributed by atoms with Gasteiger partial charge < -0.3 is 10.2 Å². The van der Waals surface area contributed by atoms with E-state index in [1.165, 1.54) is 57.3 Å². The molecule has 0 atom stereocenters. The molecular formula is C20H26N4. The SMILES string of the molecule is c1ccc(Nc2cccc(C3CCN(C4CCCC4)CC3)n2)nc1. The molecule has 2 aromatic rings. The molecule has 1 saturated heterocycles. The Hall–Kier alpha value is -1.94. The zero-order valence-electron chi connectivity index (χ0n) is 14.2. The third kappa shape index (κ3) is 3.59. The van der Waals surface area contributed by atoms with Crippen LogP contribution >= 0.6 is 0 Å². The van der Waals surface area contributed by atoms with E-state index in [0.717, 1.165) is 17.7 Å². The minimum absolute atomic E-state index is 0.591. The zero-order chi connectivity index (χ0) is 16.2. The fourth-order valence-corrected chi connectivity index (χ4v) is 4.15. The Bertz CT molecular complexity index is 644. The van der Waals surface area contributed by atoms with Gasteiger partial charge in [-0.05, 0) is 63.0 Å². The molecular weight excluding hydrogens is 296 g/mol. The van der Waals surface area contributed by atoms with Crippen molar-refractivity contribution in [3.63, 3.8) is 0 Å². The molecule has 1 aliphatic heterocycles. The molecule has 4 heteroatoms. The van der Waals surface area contributed by atoms with Crippen molar-refractivity contribution >= 4 is 11.6 Å². The molecule has 4 nitrogen and oxygen atoms in total. The summed E-state index contributed by atoms with van der Waals surface area (Å²) in [6, 6.07) is 13.0. The topological polar surface area (TPSA) is 41.0 Å². The lowest BCUT2D eigenvalue weighted by atomic mass is 9.92. The predicted molar refractivity (Wildman–Crippen MR) is 97.6 cm³/mol. The highest BCUT2D eigenvalue weighted by Gasteiger charge is 2.28. The van der Waals surface area contributed by atoms with Gasteiger partial charge in [0.25, 0.3) is 0 Å². The number of nitrogens with zero attached hydrogens (tertiary/aromatic N) is 3. The summed E-state index contributed by atoms with van der Waals surface area (Å²) < 4.78 is 0. The van der Waals surface area contributed by atoms with Crippen molar-refractivity contribution < 1.29 is 0 Å². The molecule has 3 heterocycles. The second-order valence-electron chi connectivity index (χ2n) is 7.04. The molecule has 0 bridgehead atoms. The van der Waals surface area contributed by atoms with Gasteiger partial charge in [0, 0.05) is 23.9 Å². The van der Waals surface area contributed by atoms with Crippen molar-refractivity contribution in [1.29, 1.82) is 0 Å². The Morgan fingerprint density at radius 3 is 2.42 bits per heavy atom. The molecule has 2 aliphatic rings. The summed E-state index contributed by atoms with van der Waals surface area (Å²) in [5.41, 5.74) is 1.22. The lowest BCUT2D eigenvalue weighted by molar-refractivity contribution is 0.153. The van der Waals surface area contributed by atoms with Gasteiger partial charge in [-0.2, -0.15) is 0 Å². The maximum Gasteiger partial charge on any atom is 0.131 e. The zero-order valence-corrected chi connectivity index (χ0v) is 14.2. The fraction of sp³-hybridized carbons (Fsp3) is 0.500. The highest BCUT2D eigenvalue weighted by Crippen LogP contribution is 2.32. The highest BCUT2D eigenvalue weighted by molar-refractivity contribution is 5.51. The van der Waals surface area contributed by atoms with Crippen LogP contribution in [0.5, 0.6) is 0 Å². The van der Waals surface area contributed by atoms with Gasteiger partial charge in [-0.25, -0.2) is 9.97 Å². The smallest absolute Gasteiger partial charge is 0.131 e. The van der Waals surface area contributed by atoms with Gasteiger partial charge in [0.2, 0.25) is 0 Å². The Kier molecular flexibility index (Phi) is 4.74. The second kappa shape index (κ2) is 7.31. The van der Waals surface area contributed by atoms with Crippen LogP contribution in [0.4, 0.5) is 11.6 Å². The molecule has 1 saturated carbocycles. The number of rotatable bonds is 4. The van der Waals surface area contributed by atoms with Crippen LogP contribution in [0, 0.1) is 0 Å². The Morgan fingerprint density at radius 2 is 1.67 bits per heavy atom. The lowest BCUT2D eigenvalue weighted by Crippen LogP contribution is -2.39. The number of nitrogens with one attached hydrogen (secondary N) is 1. The summed E-state index contributed by atoms with van der Waals surface area (Å²) in [5.74, 6) is 2.33. The molecule has 0 spiro atoms. The average molecular weight is 322 g/mol. The van der Waals surface area contributed by atoms with Crippen molar-refractivity contribution in [3.8, 4) is 0 Å². The van der Waals surface area contributed by atoms with E-state index in [1.54, 1.807) is 6.20 Å². The first-order valence-corrected chi connectivity index (χ1v) is 9.27. The summed E-state index contributed by atoms with van der Waals surface area (Å²) in [5, 5.41) is 3.30. The number of pyridine rings is 2. The van der Waals surface area contributed by atoms with Crippen LogP contribution in [-0.2, 0) is 0 Å². The van der Waals surface area contributed by atoms with Crippen molar-refractivity contribution in [2.75, 3.05) is 18.4 Å². The third-order valence-electron chi connectivity index (χ3n) is 5.48. The number of hydrogen-bond donors (Lipinski definition) is 1. The van der Waals surface area contributed by atoms with E-state index < -0.39 is 0 Å². The molecule has 126 valence electrons. The Balaban J connectivity index is 1.39. The summed E-state index contributed by atoms with van der Waals surface area (Å²) >= 11 is 0. The van der Waals surface area contributed by atoms with E-state index in [0.29, 0.717) is 5.92 Å². The Labute approximate surface area is 144 Å². The summed E-state index contributed by atoms with van der Waals surface area (Å²) in [6.45, 7) is 2.46. The molecule has 1 N–H and O–H groups in total. The number of aromatic nitrogens is 2. The Morgan fingerprint density at radius 1 is 0.875 bits per heavy atom. The minimum Gasteiger partial charge on any atom is -0.325 e. The van der Waals surface area contributed by atoms with Crippen molar-refractivity contribution in [2.24, 2.45) is 0 Å². The van der Waals surface area contributed by atoms with E-state index in [2.05, 4.69) is 27.3 Å². The molecule has 1 aliphatic carbocycles. The second-order valence-corrected chi connectivity index (χ2v) is 7.04. The normalized spacial score (nSPS) is 20.3. The maximum atomic E-state index is 4.84. The molecule has 2 fully saturated rings. The molecule has 0 amide bonds. The van der Waals surface area contributed by atoms with Gasteiger partial charge in [0.15, 0.2) is 0 Å². The highest BCUT2D eigenvalue weighted by atomic mass is 15.2. The third-order valence-corrected chi connectivity index (χ3v) is 5.48. The quantitative estimate of drug-likeness (QED) is 0.909. The minimum atomic E-state index is 0.591. The van der Waals surface area contributed by atoms with E-state index >= 15 is 0 Å². The van der Waals surface area contributed by atoms with Gasteiger partial charge in [0.1, 0.15) is 11.6 Å². The van der Waals surface area contributed by atoms with Crippen LogP contribution < -0.4 is 5.32 Å². The first-order valence-electron chi connectivity index (χ1n) is 9.27. The van der Waals surface area contributed by atoms with Crippen molar-refractivity contribution in [2.45, 2.75) is 50.5 Å². The van der Waals surface area contributed by atoms with Gasteiger partial charge >= 0.3 is 0 Å². The van der Waals surface area contributed by atoms with Crippen LogP contribution in [-0.4, -0.2) is 34.0 Å². The number of piperidine rings is 1. The molecule has 24 heavy (non-hydrogen) atoms. The molecule has 0 radical (unpaired) electrons. The first kappa shape index (κ1) is 15.6. The van der Waals surface area contributed by atoms with Crippen LogP contribution in [0.3, 0.4) is 0 Å². The van der Waals surface area contributed by atoms with Crippen molar-refractivity contribution in [1.82, 2.24) is 14.9 Å². The van der Waals surface area contributed by atoms with Gasteiger partial charge in [-0.3, -0.25) is 0 Å². The maximum absolute atomic E-state index is 4.84. The average Bonchev–Trinajstić information content (AvgIpc) is 3.18. The van der Waals surface area contributed by atoms with Gasteiger partial charge in [-0.15, -0.1) is 0 Å². The van der Waals surface area contributed by atoms with Crippen LogP contribution in [0.25, 0.3) is 0 Å². The van der Waals surface area contributed by atoms with E-state index in [4.69, 9.17) is 4.98 Å². The van der Waals surface area contributed by atoms with Crippen LogP contribution in [0.1, 0.15) is 50.1 Å². The van der Waals surface area contributed by atoms with Crippen LogP contribution in [0.15, 0.2) is 42.6 Å². The monoisotopic (exact) mass is 322 g/mol. The number of anilines is 2. The standard InChI is InChI=1S/C20H26N4/c1-2-7-17(6-1)24-14-11-16(12-15-24)18-8-5-10-20(22-18)23-19-9-3-4-13-21-19/h3-5,8-10,13,16-17H,1-2,6-7,11-12,14-15H2,(H,21,22,23). The van der Waals surface area contributed by atoms with E-state index in [9.17, 15) is 0 Å².